The van der Waals surface area contributed by atoms with E-state index in [-0.39, 0.29) is 23.5 Å². The van der Waals surface area contributed by atoms with Crippen LogP contribution in [0.4, 0.5) is 9.39 Å². The van der Waals surface area contributed by atoms with E-state index in [1.807, 2.05) is 0 Å². The van der Waals surface area contributed by atoms with Gasteiger partial charge in [-0.15, -0.1) is 11.3 Å². The molecule has 1 aromatic heterocycles. The number of hydrogen-bond acceptors (Lipinski definition) is 3. The molecule has 1 saturated carbocycles. The van der Waals surface area contributed by atoms with Gasteiger partial charge in [-0.3, -0.25) is 9.59 Å². The van der Waals surface area contributed by atoms with Crippen LogP contribution < -0.4 is 5.32 Å². The van der Waals surface area contributed by atoms with Gasteiger partial charge in [0.2, 0.25) is 5.91 Å². The molecule has 6 heteroatoms. The van der Waals surface area contributed by atoms with Gasteiger partial charge in [0.1, 0.15) is 5.82 Å². The van der Waals surface area contributed by atoms with Crippen molar-refractivity contribution in [2.45, 2.75) is 19.4 Å². The lowest BCUT2D eigenvalue weighted by Crippen LogP contribution is -2.25. The summed E-state index contributed by atoms with van der Waals surface area (Å²) in [6.45, 7) is 0.332. The van der Waals surface area contributed by atoms with E-state index in [1.54, 1.807) is 31.3 Å². The molecule has 1 N–H and O–H groups in total. The van der Waals surface area contributed by atoms with E-state index in [0.29, 0.717) is 16.4 Å². The number of anilines is 1. The summed E-state index contributed by atoms with van der Waals surface area (Å²) in [4.78, 5) is 26.2. The molecule has 4 nitrogen and oxygen atoms in total. The second-order valence-electron chi connectivity index (χ2n) is 5.72. The molecule has 1 aliphatic carbocycles. The minimum absolute atomic E-state index is 0.0268. The van der Waals surface area contributed by atoms with Crippen LogP contribution in [0.25, 0.3) is 0 Å². The van der Waals surface area contributed by atoms with Gasteiger partial charge in [0.25, 0.3) is 5.91 Å². The van der Waals surface area contributed by atoms with Crippen LogP contribution >= 0.6 is 11.3 Å². The first-order valence-electron chi connectivity index (χ1n) is 7.43. The molecular formula is C17H17FN2O2S. The first-order valence-corrected chi connectivity index (χ1v) is 8.25. The maximum absolute atomic E-state index is 13.2. The van der Waals surface area contributed by atoms with E-state index in [1.165, 1.54) is 28.4 Å². The fourth-order valence-corrected chi connectivity index (χ4v) is 3.16. The highest BCUT2D eigenvalue weighted by molar-refractivity contribution is 7.18. The number of amides is 2. The fraction of sp³-hybridized carbons (Fsp3) is 0.294. The molecule has 0 unspecified atom stereocenters. The lowest BCUT2D eigenvalue weighted by atomic mass is 10.2. The molecule has 1 aromatic carbocycles. The van der Waals surface area contributed by atoms with Crippen LogP contribution in [0.1, 0.15) is 28.1 Å². The SMILES string of the molecule is CN(Cc1cccc(F)c1)C(=O)c1ccc(NC(=O)C2CC2)s1. The van der Waals surface area contributed by atoms with Crippen LogP contribution in [-0.2, 0) is 11.3 Å². The fourth-order valence-electron chi connectivity index (χ4n) is 2.26. The summed E-state index contributed by atoms with van der Waals surface area (Å²) in [7, 11) is 1.68. The smallest absolute Gasteiger partial charge is 0.264 e. The Morgan fingerprint density at radius 1 is 1.30 bits per heavy atom. The van der Waals surface area contributed by atoms with E-state index in [2.05, 4.69) is 5.32 Å². The van der Waals surface area contributed by atoms with E-state index in [0.717, 1.165) is 18.4 Å². The molecule has 2 aromatic rings. The van der Waals surface area contributed by atoms with Gasteiger partial charge >= 0.3 is 0 Å². The number of hydrogen-bond donors (Lipinski definition) is 1. The van der Waals surface area contributed by atoms with Crippen molar-refractivity contribution in [3.8, 4) is 0 Å². The Balaban J connectivity index is 1.62. The molecule has 3 rings (SSSR count). The highest BCUT2D eigenvalue weighted by Crippen LogP contribution is 2.31. The summed E-state index contributed by atoms with van der Waals surface area (Å²) in [5.41, 5.74) is 0.736. The number of rotatable bonds is 5. The van der Waals surface area contributed by atoms with Crippen LogP contribution in [0.5, 0.6) is 0 Å². The van der Waals surface area contributed by atoms with Gasteiger partial charge in [-0.2, -0.15) is 0 Å². The topological polar surface area (TPSA) is 49.4 Å². The average Bonchev–Trinajstić information content (AvgIpc) is 3.27. The lowest BCUT2D eigenvalue weighted by Gasteiger charge is -2.16. The van der Waals surface area contributed by atoms with Crippen molar-refractivity contribution in [2.24, 2.45) is 5.92 Å². The summed E-state index contributed by atoms with van der Waals surface area (Å²) < 4.78 is 13.2. The van der Waals surface area contributed by atoms with E-state index >= 15 is 0 Å². The van der Waals surface area contributed by atoms with E-state index in [4.69, 9.17) is 0 Å². The van der Waals surface area contributed by atoms with Crippen molar-refractivity contribution in [1.29, 1.82) is 0 Å². The second-order valence-corrected chi connectivity index (χ2v) is 6.80. The molecule has 1 fully saturated rings. The van der Waals surface area contributed by atoms with Crippen LogP contribution in [0.2, 0.25) is 0 Å². The summed E-state index contributed by atoms with van der Waals surface area (Å²) in [6, 6.07) is 9.65. The van der Waals surface area contributed by atoms with Crippen molar-refractivity contribution < 1.29 is 14.0 Å². The summed E-state index contributed by atoms with van der Waals surface area (Å²) in [5.74, 6) is -0.304. The third kappa shape index (κ3) is 3.96. The number of halogens is 1. The zero-order valence-corrected chi connectivity index (χ0v) is 13.5. The molecule has 120 valence electrons. The predicted octanol–water partition coefficient (Wildman–Crippen LogP) is 3.51. The van der Waals surface area contributed by atoms with Crippen LogP contribution in [-0.4, -0.2) is 23.8 Å². The van der Waals surface area contributed by atoms with E-state index in [9.17, 15) is 14.0 Å². The van der Waals surface area contributed by atoms with Crippen molar-refractivity contribution in [2.75, 3.05) is 12.4 Å². The number of benzene rings is 1. The molecule has 0 aliphatic heterocycles. The highest BCUT2D eigenvalue weighted by atomic mass is 32.1. The Labute approximate surface area is 137 Å². The molecule has 2 amide bonds. The standard InChI is InChI=1S/C17H17FN2O2S/c1-20(10-11-3-2-4-13(18)9-11)17(22)14-7-8-15(23-14)19-16(21)12-5-6-12/h2-4,7-9,12H,5-6,10H2,1H3,(H,19,21). The summed E-state index contributed by atoms with van der Waals surface area (Å²) in [6.07, 6.45) is 1.89. The van der Waals surface area contributed by atoms with Gasteiger partial charge in [0.05, 0.1) is 9.88 Å². The molecule has 23 heavy (non-hydrogen) atoms. The maximum atomic E-state index is 13.2. The number of carbonyl (C=O) groups is 2. The third-order valence-electron chi connectivity index (χ3n) is 3.67. The number of carbonyl (C=O) groups excluding carboxylic acids is 2. The molecule has 0 spiro atoms. The maximum Gasteiger partial charge on any atom is 0.264 e. The molecular weight excluding hydrogens is 315 g/mol. The normalized spacial score (nSPS) is 13.7. The molecule has 0 bridgehead atoms. The van der Waals surface area contributed by atoms with Crippen molar-refractivity contribution in [1.82, 2.24) is 4.90 Å². The van der Waals surface area contributed by atoms with Gasteiger partial charge in [-0.25, -0.2) is 4.39 Å². The highest BCUT2D eigenvalue weighted by Gasteiger charge is 2.30. The first kappa shape index (κ1) is 15.7. The van der Waals surface area contributed by atoms with E-state index < -0.39 is 0 Å². The summed E-state index contributed by atoms with van der Waals surface area (Å²) >= 11 is 1.26. The lowest BCUT2D eigenvalue weighted by molar-refractivity contribution is -0.117. The first-order chi connectivity index (χ1) is 11.0. The van der Waals surface area contributed by atoms with Crippen LogP contribution in [0.15, 0.2) is 36.4 Å². The minimum Gasteiger partial charge on any atom is -0.337 e. The third-order valence-corrected chi connectivity index (χ3v) is 4.66. The van der Waals surface area contributed by atoms with Crippen molar-refractivity contribution >= 4 is 28.2 Å². The Morgan fingerprint density at radius 3 is 2.78 bits per heavy atom. The zero-order chi connectivity index (χ0) is 16.4. The Kier molecular flexibility index (Phi) is 4.43. The molecule has 1 aliphatic rings. The number of nitrogens with one attached hydrogen (secondary N) is 1. The second kappa shape index (κ2) is 6.50. The largest absolute Gasteiger partial charge is 0.337 e. The number of thiophene rings is 1. The molecule has 0 radical (unpaired) electrons. The van der Waals surface area contributed by atoms with Gasteiger partial charge in [0.15, 0.2) is 0 Å². The van der Waals surface area contributed by atoms with Crippen molar-refractivity contribution in [3.63, 3.8) is 0 Å². The van der Waals surface area contributed by atoms with Gasteiger partial charge in [-0.1, -0.05) is 12.1 Å². The monoisotopic (exact) mass is 332 g/mol. The zero-order valence-electron chi connectivity index (χ0n) is 12.7. The summed E-state index contributed by atoms with van der Waals surface area (Å²) in [5, 5.41) is 3.52. The van der Waals surface area contributed by atoms with Crippen molar-refractivity contribution in [3.05, 3.63) is 52.7 Å². The molecule has 1 heterocycles. The van der Waals surface area contributed by atoms with Gasteiger partial charge in [0, 0.05) is 19.5 Å². The van der Waals surface area contributed by atoms with Crippen LogP contribution in [0, 0.1) is 11.7 Å². The quantitative estimate of drug-likeness (QED) is 0.911. The predicted molar refractivity (Wildman–Crippen MR) is 87.9 cm³/mol. The average molecular weight is 332 g/mol. The Bertz CT molecular complexity index is 740. The number of nitrogens with zero attached hydrogens (tertiary/aromatic N) is 1. The Morgan fingerprint density at radius 2 is 2.09 bits per heavy atom. The van der Waals surface area contributed by atoms with Gasteiger partial charge < -0.3 is 10.2 Å². The Hall–Kier alpha value is -2.21. The molecule has 0 atom stereocenters. The van der Waals surface area contributed by atoms with Crippen LogP contribution in [0.3, 0.4) is 0 Å². The minimum atomic E-state index is -0.315. The van der Waals surface area contributed by atoms with Gasteiger partial charge in [-0.05, 0) is 42.7 Å². The molecule has 0 saturated heterocycles.